The van der Waals surface area contributed by atoms with Crippen molar-refractivity contribution in [3.8, 4) is 0 Å². The van der Waals surface area contributed by atoms with Crippen LogP contribution in [-0.2, 0) is 6.42 Å². The zero-order chi connectivity index (χ0) is 13.0. The zero-order valence-electron chi connectivity index (χ0n) is 10.9. The SMILES string of the molecule is C=CC[NH+]1CCN(C(=O)c2ccc(CC)s2)CC1. The third kappa shape index (κ3) is 3.00. The number of aryl methyl sites for hydroxylation is 1. The van der Waals surface area contributed by atoms with Crippen LogP contribution in [0.5, 0.6) is 0 Å². The van der Waals surface area contributed by atoms with Crippen molar-refractivity contribution in [3.63, 3.8) is 0 Å². The van der Waals surface area contributed by atoms with Crippen LogP contribution in [0.4, 0.5) is 0 Å². The summed E-state index contributed by atoms with van der Waals surface area (Å²) in [6.07, 6.45) is 2.97. The molecule has 1 aromatic rings. The maximum Gasteiger partial charge on any atom is 0.264 e. The maximum atomic E-state index is 12.3. The van der Waals surface area contributed by atoms with Gasteiger partial charge in [0.2, 0.25) is 0 Å². The summed E-state index contributed by atoms with van der Waals surface area (Å²) in [5, 5.41) is 0. The first-order chi connectivity index (χ1) is 8.74. The van der Waals surface area contributed by atoms with Gasteiger partial charge in [0.05, 0.1) is 37.6 Å². The second kappa shape index (κ2) is 6.16. The van der Waals surface area contributed by atoms with Gasteiger partial charge in [-0.05, 0) is 24.6 Å². The molecule has 3 nitrogen and oxygen atoms in total. The molecule has 18 heavy (non-hydrogen) atoms. The van der Waals surface area contributed by atoms with Crippen LogP contribution in [0.25, 0.3) is 0 Å². The van der Waals surface area contributed by atoms with Crippen molar-refractivity contribution in [3.05, 3.63) is 34.5 Å². The van der Waals surface area contributed by atoms with Crippen LogP contribution in [0, 0.1) is 0 Å². The summed E-state index contributed by atoms with van der Waals surface area (Å²) in [6, 6.07) is 4.03. The molecule has 0 spiro atoms. The molecule has 4 heteroatoms. The molecule has 0 saturated carbocycles. The van der Waals surface area contributed by atoms with Gasteiger partial charge < -0.3 is 9.80 Å². The van der Waals surface area contributed by atoms with Crippen molar-refractivity contribution in [2.75, 3.05) is 32.7 Å². The van der Waals surface area contributed by atoms with Crippen molar-refractivity contribution in [1.82, 2.24) is 4.90 Å². The van der Waals surface area contributed by atoms with E-state index in [1.54, 1.807) is 11.3 Å². The molecule has 1 saturated heterocycles. The van der Waals surface area contributed by atoms with E-state index in [0.717, 1.165) is 44.0 Å². The summed E-state index contributed by atoms with van der Waals surface area (Å²) >= 11 is 1.63. The van der Waals surface area contributed by atoms with E-state index in [1.165, 1.54) is 9.78 Å². The van der Waals surface area contributed by atoms with Gasteiger partial charge >= 0.3 is 0 Å². The molecule has 1 aromatic heterocycles. The topological polar surface area (TPSA) is 24.8 Å². The zero-order valence-corrected chi connectivity index (χ0v) is 11.8. The number of rotatable bonds is 4. The number of nitrogens with zero attached hydrogens (tertiary/aromatic N) is 1. The second-order valence-electron chi connectivity index (χ2n) is 4.65. The number of piperazine rings is 1. The summed E-state index contributed by atoms with van der Waals surface area (Å²) in [7, 11) is 0. The third-order valence-electron chi connectivity index (χ3n) is 3.41. The third-order valence-corrected chi connectivity index (χ3v) is 4.63. The van der Waals surface area contributed by atoms with Gasteiger partial charge in [-0.2, -0.15) is 0 Å². The Balaban J connectivity index is 1.92. The van der Waals surface area contributed by atoms with Gasteiger partial charge in [-0.3, -0.25) is 4.79 Å². The van der Waals surface area contributed by atoms with Crippen molar-refractivity contribution in [2.24, 2.45) is 0 Å². The molecule has 0 radical (unpaired) electrons. The first kappa shape index (κ1) is 13.3. The normalized spacial score (nSPS) is 16.8. The van der Waals surface area contributed by atoms with E-state index in [4.69, 9.17) is 0 Å². The van der Waals surface area contributed by atoms with Gasteiger partial charge in [-0.25, -0.2) is 0 Å². The molecule has 0 atom stereocenters. The molecular formula is C14H21N2OS+. The van der Waals surface area contributed by atoms with E-state index in [2.05, 4.69) is 19.6 Å². The maximum absolute atomic E-state index is 12.3. The van der Waals surface area contributed by atoms with E-state index >= 15 is 0 Å². The molecule has 1 amide bonds. The summed E-state index contributed by atoms with van der Waals surface area (Å²) < 4.78 is 0. The lowest BCUT2D eigenvalue weighted by molar-refractivity contribution is -0.898. The minimum Gasteiger partial charge on any atom is -0.329 e. The molecule has 2 rings (SSSR count). The Morgan fingerprint density at radius 3 is 2.78 bits per heavy atom. The van der Waals surface area contributed by atoms with Gasteiger partial charge in [0.15, 0.2) is 0 Å². The Hall–Kier alpha value is -1.13. The van der Waals surface area contributed by atoms with Crippen LogP contribution in [0.1, 0.15) is 21.5 Å². The van der Waals surface area contributed by atoms with E-state index in [1.807, 2.05) is 17.0 Å². The highest BCUT2D eigenvalue weighted by atomic mass is 32.1. The van der Waals surface area contributed by atoms with Crippen LogP contribution in [0.3, 0.4) is 0 Å². The Morgan fingerprint density at radius 1 is 1.50 bits per heavy atom. The Bertz CT molecular complexity index is 419. The Labute approximate surface area is 113 Å². The molecule has 2 heterocycles. The van der Waals surface area contributed by atoms with Gasteiger partial charge in [-0.1, -0.05) is 13.5 Å². The molecule has 0 aliphatic carbocycles. The molecule has 0 unspecified atom stereocenters. The predicted octanol–water partition coefficient (Wildman–Crippen LogP) is 0.837. The predicted molar refractivity (Wildman–Crippen MR) is 75.4 cm³/mol. The summed E-state index contributed by atoms with van der Waals surface area (Å²) in [4.78, 5) is 18.0. The molecule has 1 N–H and O–H groups in total. The highest BCUT2D eigenvalue weighted by molar-refractivity contribution is 7.14. The number of carbonyl (C=O) groups excluding carboxylic acids is 1. The minimum atomic E-state index is 0.206. The number of thiophene rings is 1. The molecule has 1 aliphatic heterocycles. The number of hydrogen-bond acceptors (Lipinski definition) is 2. The average molecular weight is 265 g/mol. The fourth-order valence-corrected chi connectivity index (χ4v) is 3.19. The van der Waals surface area contributed by atoms with Crippen LogP contribution in [-0.4, -0.2) is 43.5 Å². The van der Waals surface area contributed by atoms with Crippen molar-refractivity contribution in [2.45, 2.75) is 13.3 Å². The number of amides is 1. The highest BCUT2D eigenvalue weighted by Gasteiger charge is 2.24. The van der Waals surface area contributed by atoms with Crippen molar-refractivity contribution in [1.29, 1.82) is 0 Å². The van der Waals surface area contributed by atoms with Crippen LogP contribution >= 0.6 is 11.3 Å². The molecule has 0 aromatic carbocycles. The standard InChI is InChI=1S/C14H20N2OS/c1-3-7-15-8-10-16(11-9-15)14(17)13-6-5-12(4-2)18-13/h3,5-6H,1,4,7-11H2,2H3/p+1. The first-order valence-corrected chi connectivity index (χ1v) is 7.38. The molecule has 98 valence electrons. The number of nitrogens with one attached hydrogen (secondary N) is 1. The lowest BCUT2D eigenvalue weighted by Crippen LogP contribution is -3.14. The first-order valence-electron chi connectivity index (χ1n) is 6.57. The molecular weight excluding hydrogens is 244 g/mol. The molecule has 1 aliphatic rings. The highest BCUT2D eigenvalue weighted by Crippen LogP contribution is 2.18. The number of hydrogen-bond donors (Lipinski definition) is 1. The minimum absolute atomic E-state index is 0.206. The van der Waals surface area contributed by atoms with Crippen LogP contribution < -0.4 is 4.90 Å². The number of quaternary nitrogens is 1. The van der Waals surface area contributed by atoms with E-state index in [-0.39, 0.29) is 5.91 Å². The Kier molecular flexibility index (Phi) is 4.55. The molecule has 1 fully saturated rings. The van der Waals surface area contributed by atoms with Crippen LogP contribution in [0.15, 0.2) is 24.8 Å². The van der Waals surface area contributed by atoms with E-state index in [9.17, 15) is 4.79 Å². The fourth-order valence-electron chi connectivity index (χ4n) is 2.27. The van der Waals surface area contributed by atoms with Gasteiger partial charge in [0, 0.05) is 4.88 Å². The largest absolute Gasteiger partial charge is 0.329 e. The lowest BCUT2D eigenvalue weighted by Gasteiger charge is -2.31. The summed E-state index contributed by atoms with van der Waals surface area (Å²) in [5.41, 5.74) is 0. The monoisotopic (exact) mass is 265 g/mol. The second-order valence-corrected chi connectivity index (χ2v) is 5.82. The smallest absolute Gasteiger partial charge is 0.264 e. The summed E-state index contributed by atoms with van der Waals surface area (Å²) in [5.74, 6) is 0.206. The Morgan fingerprint density at radius 2 is 2.22 bits per heavy atom. The fraction of sp³-hybridized carbons (Fsp3) is 0.500. The van der Waals surface area contributed by atoms with Crippen molar-refractivity contribution < 1.29 is 9.69 Å². The summed E-state index contributed by atoms with van der Waals surface area (Å²) in [6.45, 7) is 10.7. The van der Waals surface area contributed by atoms with E-state index < -0.39 is 0 Å². The van der Waals surface area contributed by atoms with Gasteiger partial charge in [-0.15, -0.1) is 11.3 Å². The van der Waals surface area contributed by atoms with Crippen molar-refractivity contribution >= 4 is 17.2 Å². The van der Waals surface area contributed by atoms with Gasteiger partial charge in [0.25, 0.3) is 5.91 Å². The lowest BCUT2D eigenvalue weighted by atomic mass is 10.3. The molecule has 0 bridgehead atoms. The van der Waals surface area contributed by atoms with Gasteiger partial charge in [0.1, 0.15) is 0 Å². The van der Waals surface area contributed by atoms with E-state index in [0.29, 0.717) is 0 Å². The average Bonchev–Trinajstić information content (AvgIpc) is 2.88. The quantitative estimate of drug-likeness (QED) is 0.802. The van der Waals surface area contributed by atoms with Crippen LogP contribution in [0.2, 0.25) is 0 Å². The number of carbonyl (C=O) groups is 1.